The second-order valence-corrected chi connectivity index (χ2v) is 3.75. The fourth-order valence-corrected chi connectivity index (χ4v) is 1.61. The van der Waals surface area contributed by atoms with E-state index in [4.69, 9.17) is 4.84 Å². The Morgan fingerprint density at radius 3 is 2.89 bits per heavy atom. The van der Waals surface area contributed by atoms with Crippen LogP contribution in [-0.2, 0) is 16.2 Å². The summed E-state index contributed by atoms with van der Waals surface area (Å²) in [6.07, 6.45) is 1.21. The first-order valence-corrected chi connectivity index (χ1v) is 5.38. The van der Waals surface area contributed by atoms with Crippen LogP contribution in [0.25, 0.3) is 11.0 Å². The number of hydrogen-bond acceptors (Lipinski definition) is 4. The Bertz CT molecular complexity index is 636. The van der Waals surface area contributed by atoms with Crippen LogP contribution in [0.5, 0.6) is 0 Å². The van der Waals surface area contributed by atoms with Gasteiger partial charge in [0.1, 0.15) is 6.54 Å². The Kier molecular flexibility index (Phi) is 3.38. The first kappa shape index (κ1) is 12.3. The molecule has 2 aromatic rings. The van der Waals surface area contributed by atoms with E-state index in [-0.39, 0.29) is 18.0 Å². The smallest absolute Gasteiger partial charge is 0.269 e. The van der Waals surface area contributed by atoms with E-state index in [0.29, 0.717) is 11.0 Å². The molecule has 2 rings (SSSR count). The molecule has 0 unspecified atom stereocenters. The van der Waals surface area contributed by atoms with Gasteiger partial charge in [-0.05, 0) is 12.1 Å². The molecule has 18 heavy (non-hydrogen) atoms. The van der Waals surface area contributed by atoms with Crippen LogP contribution in [0.3, 0.4) is 0 Å². The monoisotopic (exact) mass is 247 g/mol. The van der Waals surface area contributed by atoms with Crippen molar-refractivity contribution in [1.82, 2.24) is 14.6 Å². The molecule has 1 heterocycles. The lowest BCUT2D eigenvalue weighted by Gasteiger charge is -2.15. The van der Waals surface area contributed by atoms with Crippen LogP contribution < -0.4 is 5.56 Å². The maximum absolute atomic E-state index is 11.8. The minimum Gasteiger partial charge on any atom is -0.296 e. The zero-order chi connectivity index (χ0) is 13.1. The summed E-state index contributed by atoms with van der Waals surface area (Å²) in [7, 11) is 2.89. The third-order valence-corrected chi connectivity index (χ3v) is 2.67. The molecule has 0 spiro atoms. The van der Waals surface area contributed by atoms with Crippen LogP contribution in [0.2, 0.25) is 0 Å². The molecule has 6 nitrogen and oxygen atoms in total. The number of hydrogen-bond donors (Lipinski definition) is 0. The van der Waals surface area contributed by atoms with Crippen LogP contribution in [-0.4, -0.2) is 34.7 Å². The Morgan fingerprint density at radius 2 is 2.17 bits per heavy atom. The lowest BCUT2D eigenvalue weighted by Crippen LogP contribution is -2.33. The van der Waals surface area contributed by atoms with Gasteiger partial charge in [0.05, 0.1) is 24.3 Å². The van der Waals surface area contributed by atoms with Crippen molar-refractivity contribution < 1.29 is 9.63 Å². The van der Waals surface area contributed by atoms with Crippen molar-refractivity contribution in [2.75, 3.05) is 14.2 Å². The third kappa shape index (κ3) is 2.23. The predicted octanol–water partition coefficient (Wildman–Crippen LogP) is 0.416. The molecule has 0 atom stereocenters. The van der Waals surface area contributed by atoms with E-state index in [1.165, 1.54) is 24.9 Å². The lowest BCUT2D eigenvalue weighted by molar-refractivity contribution is -0.169. The maximum Gasteiger partial charge on any atom is 0.269 e. The van der Waals surface area contributed by atoms with E-state index in [0.717, 1.165) is 5.06 Å². The second kappa shape index (κ2) is 4.97. The quantitative estimate of drug-likeness (QED) is 0.737. The number of carbonyl (C=O) groups excluding carboxylic acids is 1. The Labute approximate surface area is 103 Å². The van der Waals surface area contributed by atoms with Gasteiger partial charge in [-0.3, -0.25) is 19.0 Å². The zero-order valence-corrected chi connectivity index (χ0v) is 10.2. The molecule has 94 valence electrons. The number of benzene rings is 1. The minimum absolute atomic E-state index is 0.0772. The molecule has 0 saturated carbocycles. The van der Waals surface area contributed by atoms with Gasteiger partial charge in [0.2, 0.25) is 0 Å². The number of fused-ring (bicyclic) bond motifs is 1. The second-order valence-electron chi connectivity index (χ2n) is 3.75. The van der Waals surface area contributed by atoms with Crippen molar-refractivity contribution in [2.24, 2.45) is 0 Å². The van der Waals surface area contributed by atoms with Crippen LogP contribution in [0, 0.1) is 0 Å². The standard InChI is InChI=1S/C12H13N3O3/c1-14(18-2)12(17)8-15-10-6-4-3-5-9(10)13-7-11(15)16/h3-7H,8H2,1-2H3. The minimum atomic E-state index is -0.313. The largest absolute Gasteiger partial charge is 0.296 e. The van der Waals surface area contributed by atoms with Gasteiger partial charge in [0, 0.05) is 7.05 Å². The summed E-state index contributed by atoms with van der Waals surface area (Å²) < 4.78 is 1.38. The van der Waals surface area contributed by atoms with Gasteiger partial charge >= 0.3 is 0 Å². The Hall–Kier alpha value is -2.21. The SMILES string of the molecule is CON(C)C(=O)Cn1c(=O)cnc2ccccc21. The molecule has 0 aliphatic rings. The number of aromatic nitrogens is 2. The van der Waals surface area contributed by atoms with Gasteiger partial charge in [-0.25, -0.2) is 10.0 Å². The molecule has 6 heteroatoms. The molecule has 1 aromatic heterocycles. The van der Waals surface area contributed by atoms with E-state index >= 15 is 0 Å². The van der Waals surface area contributed by atoms with Crippen molar-refractivity contribution in [3.05, 3.63) is 40.8 Å². The summed E-state index contributed by atoms with van der Waals surface area (Å²) in [5.41, 5.74) is 0.986. The molecule has 0 bridgehead atoms. The summed E-state index contributed by atoms with van der Waals surface area (Å²) in [5, 5.41) is 1.08. The number of nitrogens with zero attached hydrogens (tertiary/aromatic N) is 3. The number of rotatable bonds is 3. The Morgan fingerprint density at radius 1 is 1.44 bits per heavy atom. The van der Waals surface area contributed by atoms with Crippen LogP contribution in [0.4, 0.5) is 0 Å². The maximum atomic E-state index is 11.8. The van der Waals surface area contributed by atoms with E-state index in [1.807, 2.05) is 6.07 Å². The van der Waals surface area contributed by atoms with E-state index in [2.05, 4.69) is 4.98 Å². The molecule has 0 saturated heterocycles. The molecule has 1 amide bonds. The Balaban J connectivity index is 2.47. The van der Waals surface area contributed by atoms with E-state index in [9.17, 15) is 9.59 Å². The van der Waals surface area contributed by atoms with E-state index in [1.54, 1.807) is 18.2 Å². The summed E-state index contributed by atoms with van der Waals surface area (Å²) in [5.74, 6) is -0.309. The van der Waals surface area contributed by atoms with E-state index < -0.39 is 0 Å². The normalized spacial score (nSPS) is 10.6. The highest BCUT2D eigenvalue weighted by Gasteiger charge is 2.12. The fraction of sp³-hybridized carbons (Fsp3) is 0.250. The van der Waals surface area contributed by atoms with Gasteiger partial charge in [0.25, 0.3) is 11.5 Å². The summed E-state index contributed by atoms with van der Waals surface area (Å²) in [6.45, 7) is -0.0772. The van der Waals surface area contributed by atoms with Gasteiger partial charge in [0.15, 0.2) is 0 Å². The van der Waals surface area contributed by atoms with Gasteiger partial charge in [-0.1, -0.05) is 12.1 Å². The fourth-order valence-electron chi connectivity index (χ4n) is 1.61. The molecule has 0 aliphatic heterocycles. The molecule has 1 aromatic carbocycles. The highest BCUT2D eigenvalue weighted by Crippen LogP contribution is 2.08. The number of para-hydroxylation sites is 2. The van der Waals surface area contributed by atoms with Gasteiger partial charge < -0.3 is 0 Å². The number of hydroxylamine groups is 2. The number of amides is 1. The lowest BCUT2D eigenvalue weighted by atomic mass is 10.3. The number of likely N-dealkylation sites (N-methyl/N-ethyl adjacent to an activating group) is 1. The predicted molar refractivity (Wildman–Crippen MR) is 65.8 cm³/mol. The first-order chi connectivity index (χ1) is 8.63. The highest BCUT2D eigenvalue weighted by atomic mass is 16.7. The summed E-state index contributed by atoms with van der Waals surface area (Å²) in [6, 6.07) is 7.16. The highest BCUT2D eigenvalue weighted by molar-refractivity contribution is 5.79. The summed E-state index contributed by atoms with van der Waals surface area (Å²) >= 11 is 0. The van der Waals surface area contributed by atoms with Crippen molar-refractivity contribution in [1.29, 1.82) is 0 Å². The first-order valence-electron chi connectivity index (χ1n) is 5.38. The van der Waals surface area contributed by atoms with Crippen molar-refractivity contribution >= 4 is 16.9 Å². The van der Waals surface area contributed by atoms with Gasteiger partial charge in [-0.15, -0.1) is 0 Å². The number of carbonyl (C=O) groups is 1. The third-order valence-electron chi connectivity index (χ3n) is 2.67. The van der Waals surface area contributed by atoms with Crippen molar-refractivity contribution in [3.63, 3.8) is 0 Å². The molecular formula is C12H13N3O3. The van der Waals surface area contributed by atoms with Crippen molar-refractivity contribution in [2.45, 2.75) is 6.54 Å². The molecule has 0 aliphatic carbocycles. The molecule has 0 radical (unpaired) electrons. The summed E-state index contributed by atoms with van der Waals surface area (Å²) in [4.78, 5) is 32.3. The van der Waals surface area contributed by atoms with Crippen LogP contribution in [0.15, 0.2) is 35.3 Å². The molecule has 0 fully saturated rings. The average molecular weight is 247 g/mol. The molecular weight excluding hydrogens is 234 g/mol. The van der Waals surface area contributed by atoms with Crippen LogP contribution >= 0.6 is 0 Å². The van der Waals surface area contributed by atoms with Crippen molar-refractivity contribution in [3.8, 4) is 0 Å². The molecule has 0 N–H and O–H groups in total. The van der Waals surface area contributed by atoms with Gasteiger partial charge in [-0.2, -0.15) is 0 Å². The van der Waals surface area contributed by atoms with Crippen LogP contribution in [0.1, 0.15) is 0 Å². The topological polar surface area (TPSA) is 64.4 Å². The average Bonchev–Trinajstić information content (AvgIpc) is 2.41. The zero-order valence-electron chi connectivity index (χ0n) is 10.2.